The molecular weight excluding hydrogens is 240 g/mol. The molecule has 2 rings (SSSR count). The molecule has 0 spiro atoms. The molecule has 1 unspecified atom stereocenters. The van der Waals surface area contributed by atoms with Crippen LogP contribution < -0.4 is 10.6 Å². The average Bonchev–Trinajstić information content (AvgIpc) is 2.40. The van der Waals surface area contributed by atoms with E-state index in [9.17, 15) is 0 Å². The maximum Gasteiger partial charge on any atom is 0.172 e. The van der Waals surface area contributed by atoms with Crippen molar-refractivity contribution in [2.75, 3.05) is 30.9 Å². The lowest BCUT2D eigenvalue weighted by molar-refractivity contribution is 0.182. The molecule has 2 N–H and O–H groups in total. The van der Waals surface area contributed by atoms with Gasteiger partial charge in [-0.1, -0.05) is 12.1 Å². The van der Waals surface area contributed by atoms with E-state index in [0.717, 1.165) is 23.4 Å². The van der Waals surface area contributed by atoms with E-state index in [0.29, 0.717) is 12.4 Å². The van der Waals surface area contributed by atoms with Crippen molar-refractivity contribution in [1.29, 1.82) is 0 Å². The highest BCUT2D eigenvalue weighted by Gasteiger charge is 2.18. The SMILES string of the molecule is CCN(c1nc2ccccc2nc1N)C(C)COC. The molecule has 0 fully saturated rings. The van der Waals surface area contributed by atoms with Crippen LogP contribution in [0.15, 0.2) is 24.3 Å². The fraction of sp³-hybridized carbons (Fsp3) is 0.429. The fourth-order valence-corrected chi connectivity index (χ4v) is 2.22. The number of rotatable bonds is 5. The van der Waals surface area contributed by atoms with Gasteiger partial charge in [0.2, 0.25) is 0 Å². The molecule has 19 heavy (non-hydrogen) atoms. The molecular formula is C14H20N4O. The van der Waals surface area contributed by atoms with Crippen molar-refractivity contribution in [2.45, 2.75) is 19.9 Å². The summed E-state index contributed by atoms with van der Waals surface area (Å²) in [4.78, 5) is 11.2. The fourth-order valence-electron chi connectivity index (χ4n) is 2.22. The number of methoxy groups -OCH3 is 1. The van der Waals surface area contributed by atoms with Crippen LogP contribution in [0.25, 0.3) is 11.0 Å². The second-order valence-corrected chi connectivity index (χ2v) is 4.51. The third kappa shape index (κ3) is 2.76. The van der Waals surface area contributed by atoms with Crippen molar-refractivity contribution in [3.63, 3.8) is 0 Å². The lowest BCUT2D eigenvalue weighted by Gasteiger charge is -2.29. The Bertz CT molecular complexity index is 558. The summed E-state index contributed by atoms with van der Waals surface area (Å²) >= 11 is 0. The van der Waals surface area contributed by atoms with E-state index < -0.39 is 0 Å². The third-order valence-electron chi connectivity index (χ3n) is 3.13. The Labute approximate surface area is 113 Å². The lowest BCUT2D eigenvalue weighted by Crippen LogP contribution is -2.37. The van der Waals surface area contributed by atoms with Gasteiger partial charge in [0.15, 0.2) is 11.6 Å². The highest BCUT2D eigenvalue weighted by Crippen LogP contribution is 2.23. The number of benzene rings is 1. The van der Waals surface area contributed by atoms with Crippen molar-refractivity contribution >= 4 is 22.7 Å². The summed E-state index contributed by atoms with van der Waals surface area (Å²) in [6.45, 7) is 5.59. The van der Waals surface area contributed by atoms with Gasteiger partial charge in [-0.2, -0.15) is 0 Å². The number of nitrogen functional groups attached to an aromatic ring is 1. The van der Waals surface area contributed by atoms with Crippen molar-refractivity contribution < 1.29 is 4.74 Å². The summed E-state index contributed by atoms with van der Waals surface area (Å²) in [5, 5.41) is 0. The zero-order valence-electron chi connectivity index (χ0n) is 11.6. The highest BCUT2D eigenvalue weighted by molar-refractivity contribution is 5.79. The standard InChI is InChI=1S/C14H20N4O/c1-4-18(10(2)9-19-3)14-13(15)16-11-7-5-6-8-12(11)17-14/h5-8,10H,4,9H2,1-3H3,(H2,15,16). The minimum atomic E-state index is 0.202. The van der Waals surface area contributed by atoms with E-state index in [1.165, 1.54) is 0 Å². The van der Waals surface area contributed by atoms with Crippen LogP contribution in [0.2, 0.25) is 0 Å². The maximum atomic E-state index is 6.04. The molecule has 5 heteroatoms. The molecule has 0 bridgehead atoms. The zero-order chi connectivity index (χ0) is 13.8. The van der Waals surface area contributed by atoms with Gasteiger partial charge in [0, 0.05) is 13.7 Å². The largest absolute Gasteiger partial charge is 0.383 e. The smallest absolute Gasteiger partial charge is 0.172 e. The first-order valence-electron chi connectivity index (χ1n) is 6.45. The van der Waals surface area contributed by atoms with Crippen LogP contribution in [0.4, 0.5) is 11.6 Å². The van der Waals surface area contributed by atoms with E-state index in [2.05, 4.69) is 28.7 Å². The molecule has 1 aromatic carbocycles. The van der Waals surface area contributed by atoms with E-state index in [-0.39, 0.29) is 6.04 Å². The van der Waals surface area contributed by atoms with Crippen molar-refractivity contribution in [3.8, 4) is 0 Å². The first-order valence-corrected chi connectivity index (χ1v) is 6.45. The molecule has 1 aromatic heterocycles. The second kappa shape index (κ2) is 5.84. The van der Waals surface area contributed by atoms with Gasteiger partial charge in [-0.05, 0) is 26.0 Å². The van der Waals surface area contributed by atoms with Crippen LogP contribution in [-0.4, -0.2) is 36.3 Å². The summed E-state index contributed by atoms with van der Waals surface area (Å²) < 4.78 is 5.20. The Kier molecular flexibility index (Phi) is 4.16. The molecule has 0 amide bonds. The summed E-state index contributed by atoms with van der Waals surface area (Å²) in [6, 6.07) is 7.94. The average molecular weight is 260 g/mol. The second-order valence-electron chi connectivity index (χ2n) is 4.51. The normalized spacial score (nSPS) is 12.6. The number of nitrogens with two attached hydrogens (primary N) is 1. The van der Waals surface area contributed by atoms with Crippen LogP contribution in [0.1, 0.15) is 13.8 Å². The van der Waals surface area contributed by atoms with E-state index >= 15 is 0 Å². The minimum Gasteiger partial charge on any atom is -0.383 e. The van der Waals surface area contributed by atoms with Gasteiger partial charge in [0.1, 0.15) is 0 Å². The van der Waals surface area contributed by atoms with Crippen LogP contribution in [0.3, 0.4) is 0 Å². The van der Waals surface area contributed by atoms with Gasteiger partial charge < -0.3 is 15.4 Å². The van der Waals surface area contributed by atoms with Gasteiger partial charge >= 0.3 is 0 Å². The topological polar surface area (TPSA) is 64.3 Å². The number of hydrogen-bond acceptors (Lipinski definition) is 5. The van der Waals surface area contributed by atoms with Crippen LogP contribution in [-0.2, 0) is 4.74 Å². The third-order valence-corrected chi connectivity index (χ3v) is 3.13. The predicted molar refractivity (Wildman–Crippen MR) is 78.3 cm³/mol. The first-order chi connectivity index (χ1) is 9.17. The number of nitrogens with zero attached hydrogens (tertiary/aromatic N) is 3. The summed E-state index contributed by atoms with van der Waals surface area (Å²) in [6.07, 6.45) is 0. The van der Waals surface area contributed by atoms with Gasteiger partial charge in [-0.3, -0.25) is 0 Å². The van der Waals surface area contributed by atoms with Gasteiger partial charge in [0.25, 0.3) is 0 Å². The van der Waals surface area contributed by atoms with Crippen LogP contribution in [0, 0.1) is 0 Å². The molecule has 0 aliphatic carbocycles. The Morgan fingerprint density at radius 2 is 1.89 bits per heavy atom. The number of hydrogen-bond donors (Lipinski definition) is 1. The van der Waals surface area contributed by atoms with Crippen molar-refractivity contribution in [3.05, 3.63) is 24.3 Å². The molecule has 0 saturated carbocycles. The minimum absolute atomic E-state index is 0.202. The van der Waals surface area contributed by atoms with Crippen molar-refractivity contribution in [2.24, 2.45) is 0 Å². The molecule has 5 nitrogen and oxygen atoms in total. The van der Waals surface area contributed by atoms with Gasteiger partial charge in [-0.25, -0.2) is 9.97 Å². The van der Waals surface area contributed by atoms with E-state index in [4.69, 9.17) is 10.5 Å². The van der Waals surface area contributed by atoms with E-state index in [1.807, 2.05) is 24.3 Å². The van der Waals surface area contributed by atoms with E-state index in [1.54, 1.807) is 7.11 Å². The molecule has 1 atom stereocenters. The number of aromatic nitrogens is 2. The lowest BCUT2D eigenvalue weighted by atomic mass is 10.2. The van der Waals surface area contributed by atoms with Crippen LogP contribution >= 0.6 is 0 Å². The number of likely N-dealkylation sites (N-methyl/N-ethyl adjacent to an activating group) is 1. The summed E-state index contributed by atoms with van der Waals surface area (Å²) in [5.74, 6) is 1.19. The maximum absolute atomic E-state index is 6.04. The van der Waals surface area contributed by atoms with Crippen LogP contribution in [0.5, 0.6) is 0 Å². The molecule has 0 radical (unpaired) electrons. The Balaban J connectivity index is 2.44. The van der Waals surface area contributed by atoms with Gasteiger partial charge in [-0.15, -0.1) is 0 Å². The quantitative estimate of drug-likeness (QED) is 0.891. The van der Waals surface area contributed by atoms with Crippen molar-refractivity contribution in [1.82, 2.24) is 9.97 Å². The first kappa shape index (κ1) is 13.5. The highest BCUT2D eigenvalue weighted by atomic mass is 16.5. The monoisotopic (exact) mass is 260 g/mol. The zero-order valence-corrected chi connectivity index (χ0v) is 11.6. The Morgan fingerprint density at radius 1 is 1.26 bits per heavy atom. The molecule has 102 valence electrons. The number of fused-ring (bicyclic) bond motifs is 1. The number of anilines is 2. The van der Waals surface area contributed by atoms with Gasteiger partial charge in [0.05, 0.1) is 23.7 Å². The summed E-state index contributed by atoms with van der Waals surface area (Å²) in [7, 11) is 1.69. The predicted octanol–water partition coefficient (Wildman–Crippen LogP) is 2.07. The number of para-hydroxylation sites is 2. The molecule has 0 aliphatic heterocycles. The molecule has 0 saturated heterocycles. The Morgan fingerprint density at radius 3 is 2.47 bits per heavy atom. The molecule has 2 aromatic rings. The molecule has 1 heterocycles. The molecule has 0 aliphatic rings. The summed E-state index contributed by atoms with van der Waals surface area (Å²) in [5.41, 5.74) is 7.72. The number of ether oxygens (including phenoxy) is 1. The Hall–Kier alpha value is -1.88.